The Bertz CT molecular complexity index is 1310. The van der Waals surface area contributed by atoms with Gasteiger partial charge in [-0.2, -0.15) is 0 Å². The minimum atomic E-state index is -0.639. The second-order valence-electron chi connectivity index (χ2n) is 7.24. The van der Waals surface area contributed by atoms with Crippen molar-refractivity contribution in [1.29, 1.82) is 0 Å². The molecule has 138 valence electrons. The molecule has 4 nitrogen and oxygen atoms in total. The summed E-state index contributed by atoms with van der Waals surface area (Å²) in [6.07, 6.45) is 9.31. The molecule has 5 aromatic rings. The Morgan fingerprint density at radius 3 is 2.79 bits per heavy atom. The number of nitrogens with zero attached hydrogens (tertiary/aromatic N) is 3. The summed E-state index contributed by atoms with van der Waals surface area (Å²) in [5, 5.41) is 13.6. The molecule has 1 N–H and O–H groups in total. The largest absolute Gasteiger partial charge is 0.381 e. The summed E-state index contributed by atoms with van der Waals surface area (Å²) in [5.74, 6) is 0.594. The molecule has 0 bridgehead atoms. The standard InChI is InChI=1S/C22H17N3OS2/c26-21(20-22(13-5-6-13)28-19-11-24-12-25(19)20)18-8-7-17(27-18)16-10-23-9-14-3-1-2-4-15(14)16/h1-4,7-13,21,26H,5-6H2. The normalized spacial score (nSPS) is 15.5. The van der Waals surface area contributed by atoms with E-state index in [0.29, 0.717) is 5.92 Å². The lowest BCUT2D eigenvalue weighted by molar-refractivity contribution is 0.217. The SMILES string of the molecule is OC(c1ccc(-c2cncc3ccccc23)s1)c1c(C2CC2)sc2cncn12. The Hall–Kier alpha value is -2.54. The van der Waals surface area contributed by atoms with E-state index in [1.54, 1.807) is 22.7 Å². The van der Waals surface area contributed by atoms with E-state index in [0.717, 1.165) is 31.2 Å². The molecule has 1 aliphatic rings. The van der Waals surface area contributed by atoms with Gasteiger partial charge in [-0.1, -0.05) is 24.3 Å². The van der Waals surface area contributed by atoms with Crippen molar-refractivity contribution in [3.63, 3.8) is 0 Å². The van der Waals surface area contributed by atoms with Gasteiger partial charge >= 0.3 is 0 Å². The molecule has 0 spiro atoms. The summed E-state index contributed by atoms with van der Waals surface area (Å²) in [6, 6.07) is 12.4. The quantitative estimate of drug-likeness (QED) is 0.423. The van der Waals surface area contributed by atoms with Crippen LogP contribution in [0.4, 0.5) is 0 Å². The lowest BCUT2D eigenvalue weighted by Gasteiger charge is -2.11. The van der Waals surface area contributed by atoms with E-state index in [2.05, 4.69) is 38.6 Å². The third-order valence-electron chi connectivity index (χ3n) is 5.37. The first-order chi connectivity index (χ1) is 13.8. The maximum absolute atomic E-state index is 11.3. The molecule has 0 aliphatic heterocycles. The third kappa shape index (κ3) is 2.53. The van der Waals surface area contributed by atoms with Crippen LogP contribution in [-0.4, -0.2) is 19.5 Å². The smallest absolute Gasteiger partial charge is 0.130 e. The van der Waals surface area contributed by atoms with E-state index >= 15 is 0 Å². The van der Waals surface area contributed by atoms with Crippen LogP contribution in [0, 0.1) is 0 Å². The van der Waals surface area contributed by atoms with E-state index in [9.17, 15) is 5.11 Å². The Kier molecular flexibility index (Phi) is 3.66. The molecule has 6 rings (SSSR count). The number of aliphatic hydroxyl groups excluding tert-OH is 1. The van der Waals surface area contributed by atoms with Crippen molar-refractivity contribution in [3.05, 3.63) is 76.8 Å². The molecule has 28 heavy (non-hydrogen) atoms. The monoisotopic (exact) mass is 403 g/mol. The molecule has 1 aromatic carbocycles. The van der Waals surface area contributed by atoms with Crippen LogP contribution < -0.4 is 0 Å². The summed E-state index contributed by atoms with van der Waals surface area (Å²) in [5.41, 5.74) is 2.10. The number of thiazole rings is 1. The summed E-state index contributed by atoms with van der Waals surface area (Å²) >= 11 is 3.40. The maximum atomic E-state index is 11.3. The van der Waals surface area contributed by atoms with Crippen LogP contribution in [0.2, 0.25) is 0 Å². The zero-order chi connectivity index (χ0) is 18.7. The summed E-state index contributed by atoms with van der Waals surface area (Å²) in [7, 11) is 0. The number of aliphatic hydroxyl groups is 1. The Morgan fingerprint density at radius 2 is 1.89 bits per heavy atom. The van der Waals surface area contributed by atoms with Gasteiger partial charge in [-0.05, 0) is 36.3 Å². The lowest BCUT2D eigenvalue weighted by Crippen LogP contribution is -2.03. The molecular weight excluding hydrogens is 386 g/mol. The molecule has 1 saturated carbocycles. The highest BCUT2D eigenvalue weighted by Crippen LogP contribution is 2.48. The van der Waals surface area contributed by atoms with E-state index in [1.165, 1.54) is 23.1 Å². The fourth-order valence-corrected chi connectivity index (χ4v) is 6.14. The molecule has 4 aromatic heterocycles. The highest BCUT2D eigenvalue weighted by Gasteiger charge is 2.33. The number of aromatic nitrogens is 3. The van der Waals surface area contributed by atoms with Gasteiger partial charge in [0.25, 0.3) is 0 Å². The number of imidazole rings is 1. The van der Waals surface area contributed by atoms with Gasteiger partial charge in [0.15, 0.2) is 0 Å². The molecule has 4 heterocycles. The van der Waals surface area contributed by atoms with Crippen LogP contribution >= 0.6 is 22.7 Å². The van der Waals surface area contributed by atoms with Crippen molar-refractivity contribution < 1.29 is 5.11 Å². The molecule has 1 fully saturated rings. The van der Waals surface area contributed by atoms with E-state index < -0.39 is 6.10 Å². The molecular formula is C22H17N3OS2. The van der Waals surface area contributed by atoms with E-state index in [4.69, 9.17) is 0 Å². The Labute approximate surface area is 169 Å². The van der Waals surface area contributed by atoms with Crippen molar-refractivity contribution in [3.8, 4) is 10.4 Å². The van der Waals surface area contributed by atoms with Crippen LogP contribution in [0.15, 0.2) is 61.3 Å². The van der Waals surface area contributed by atoms with Crippen molar-refractivity contribution >= 4 is 38.3 Å². The zero-order valence-electron chi connectivity index (χ0n) is 14.9. The first-order valence-electron chi connectivity index (χ1n) is 9.35. The predicted octanol–water partition coefficient (Wildman–Crippen LogP) is 5.63. The summed E-state index contributed by atoms with van der Waals surface area (Å²) in [4.78, 5) is 13.2. The molecule has 0 amide bonds. The van der Waals surface area contributed by atoms with Gasteiger partial charge in [0, 0.05) is 38.0 Å². The van der Waals surface area contributed by atoms with Gasteiger partial charge in [0.1, 0.15) is 17.3 Å². The second-order valence-corrected chi connectivity index (χ2v) is 9.42. The highest BCUT2D eigenvalue weighted by atomic mass is 32.1. The van der Waals surface area contributed by atoms with Gasteiger partial charge in [0.2, 0.25) is 0 Å². The molecule has 1 aliphatic carbocycles. The van der Waals surface area contributed by atoms with Crippen LogP contribution in [0.1, 0.15) is 40.3 Å². The van der Waals surface area contributed by atoms with Gasteiger partial charge in [-0.15, -0.1) is 22.7 Å². The zero-order valence-corrected chi connectivity index (χ0v) is 16.6. The molecule has 0 saturated heterocycles. The minimum Gasteiger partial charge on any atom is -0.381 e. The fraction of sp³-hybridized carbons (Fsp3) is 0.182. The predicted molar refractivity (Wildman–Crippen MR) is 114 cm³/mol. The third-order valence-corrected chi connectivity index (χ3v) is 7.81. The van der Waals surface area contributed by atoms with Crippen LogP contribution in [-0.2, 0) is 0 Å². The van der Waals surface area contributed by atoms with Crippen molar-refractivity contribution in [2.45, 2.75) is 24.9 Å². The molecule has 1 unspecified atom stereocenters. The number of rotatable bonds is 4. The Balaban J connectivity index is 1.45. The van der Waals surface area contributed by atoms with Crippen LogP contribution in [0.5, 0.6) is 0 Å². The average molecular weight is 404 g/mol. The van der Waals surface area contributed by atoms with Gasteiger partial charge in [0.05, 0.1) is 11.9 Å². The van der Waals surface area contributed by atoms with Crippen LogP contribution in [0.25, 0.3) is 26.0 Å². The van der Waals surface area contributed by atoms with Crippen molar-refractivity contribution in [2.24, 2.45) is 0 Å². The highest BCUT2D eigenvalue weighted by molar-refractivity contribution is 7.17. The van der Waals surface area contributed by atoms with E-state index in [1.807, 2.05) is 37.1 Å². The van der Waals surface area contributed by atoms with Crippen molar-refractivity contribution in [1.82, 2.24) is 14.4 Å². The number of hydrogen-bond acceptors (Lipinski definition) is 5. The lowest BCUT2D eigenvalue weighted by atomic mass is 10.1. The minimum absolute atomic E-state index is 0.594. The number of fused-ring (bicyclic) bond motifs is 2. The number of thiophene rings is 1. The number of hydrogen-bond donors (Lipinski definition) is 1. The first-order valence-corrected chi connectivity index (χ1v) is 11.0. The van der Waals surface area contributed by atoms with Gasteiger partial charge in [-0.3, -0.25) is 9.38 Å². The Morgan fingerprint density at radius 1 is 1.00 bits per heavy atom. The summed E-state index contributed by atoms with van der Waals surface area (Å²) in [6.45, 7) is 0. The number of pyridine rings is 1. The van der Waals surface area contributed by atoms with Crippen molar-refractivity contribution in [2.75, 3.05) is 0 Å². The molecule has 0 radical (unpaired) electrons. The molecule has 6 heteroatoms. The fourth-order valence-electron chi connectivity index (χ4n) is 3.82. The average Bonchev–Trinajstić information content (AvgIpc) is 3.14. The summed E-state index contributed by atoms with van der Waals surface area (Å²) < 4.78 is 2.06. The van der Waals surface area contributed by atoms with E-state index in [-0.39, 0.29) is 0 Å². The maximum Gasteiger partial charge on any atom is 0.130 e. The first kappa shape index (κ1) is 16.4. The number of benzene rings is 1. The second kappa shape index (κ2) is 6.24. The van der Waals surface area contributed by atoms with Gasteiger partial charge < -0.3 is 5.11 Å². The molecule has 1 atom stereocenters. The topological polar surface area (TPSA) is 50.4 Å². The van der Waals surface area contributed by atoms with Gasteiger partial charge in [-0.25, -0.2) is 4.98 Å². The van der Waals surface area contributed by atoms with Crippen LogP contribution in [0.3, 0.4) is 0 Å².